The van der Waals surface area contributed by atoms with Crippen molar-refractivity contribution in [3.8, 4) is 5.75 Å². The molecule has 1 heterocycles. The lowest BCUT2D eigenvalue weighted by Crippen LogP contribution is -2.13. The molecule has 0 bridgehead atoms. The molecule has 7 heteroatoms. The lowest BCUT2D eigenvalue weighted by molar-refractivity contribution is 0.102. The number of rotatable bonds is 3. The Labute approximate surface area is 118 Å². The molecule has 0 spiro atoms. The molecule has 4 nitrogen and oxygen atoms in total. The van der Waals surface area contributed by atoms with Gasteiger partial charge in [0.2, 0.25) is 0 Å². The summed E-state index contributed by atoms with van der Waals surface area (Å²) in [7, 11) is 1.53. The molecule has 0 fully saturated rings. The first-order valence-corrected chi connectivity index (χ1v) is 6.41. The number of para-hydroxylation sites is 2. The van der Waals surface area contributed by atoms with Crippen LogP contribution in [-0.2, 0) is 0 Å². The van der Waals surface area contributed by atoms with Gasteiger partial charge >= 0.3 is 0 Å². The van der Waals surface area contributed by atoms with Crippen molar-refractivity contribution >= 4 is 46.3 Å². The van der Waals surface area contributed by atoms with E-state index in [1.54, 1.807) is 24.3 Å². The molecule has 1 amide bonds. The SMILES string of the molecule is COc1ccccc1NC(=O)c1nsc(Cl)c1Cl. The van der Waals surface area contributed by atoms with E-state index in [-0.39, 0.29) is 10.7 Å². The first-order valence-electron chi connectivity index (χ1n) is 4.88. The lowest BCUT2D eigenvalue weighted by atomic mass is 10.3. The van der Waals surface area contributed by atoms with Crippen molar-refractivity contribution in [2.45, 2.75) is 0 Å². The Morgan fingerprint density at radius 3 is 2.72 bits per heavy atom. The monoisotopic (exact) mass is 302 g/mol. The molecule has 0 atom stereocenters. The van der Waals surface area contributed by atoms with Gasteiger partial charge in [-0.2, -0.15) is 4.37 Å². The summed E-state index contributed by atoms with van der Waals surface area (Å²) in [4.78, 5) is 12.0. The van der Waals surface area contributed by atoms with Crippen molar-refractivity contribution in [2.24, 2.45) is 0 Å². The molecular weight excluding hydrogens is 295 g/mol. The molecule has 1 aromatic carbocycles. The number of carbonyl (C=O) groups is 1. The molecule has 18 heavy (non-hydrogen) atoms. The van der Waals surface area contributed by atoms with Crippen LogP contribution in [0.3, 0.4) is 0 Å². The summed E-state index contributed by atoms with van der Waals surface area (Å²) in [5.74, 6) is 0.135. The fourth-order valence-corrected chi connectivity index (χ4v) is 2.33. The first-order chi connectivity index (χ1) is 8.63. The van der Waals surface area contributed by atoms with Crippen molar-refractivity contribution in [3.05, 3.63) is 39.3 Å². The fraction of sp³-hybridized carbons (Fsp3) is 0.0909. The number of nitrogens with one attached hydrogen (secondary N) is 1. The largest absolute Gasteiger partial charge is 0.495 e. The van der Waals surface area contributed by atoms with Crippen LogP contribution in [0.2, 0.25) is 9.36 Å². The van der Waals surface area contributed by atoms with Crippen LogP contribution in [0.25, 0.3) is 0 Å². The molecule has 94 valence electrons. The van der Waals surface area contributed by atoms with Gasteiger partial charge in [0, 0.05) is 0 Å². The highest BCUT2D eigenvalue weighted by atomic mass is 35.5. The number of ether oxygens (including phenoxy) is 1. The van der Waals surface area contributed by atoms with Crippen molar-refractivity contribution in [1.29, 1.82) is 0 Å². The first kappa shape index (κ1) is 13.1. The summed E-state index contributed by atoms with van der Waals surface area (Å²) in [5.41, 5.74) is 0.655. The van der Waals surface area contributed by atoms with Crippen LogP contribution in [0.15, 0.2) is 24.3 Å². The molecule has 0 aliphatic heterocycles. The zero-order valence-electron chi connectivity index (χ0n) is 9.24. The molecule has 2 rings (SSSR count). The number of anilines is 1. The summed E-state index contributed by atoms with van der Waals surface area (Å²) in [6.07, 6.45) is 0. The second-order valence-electron chi connectivity index (χ2n) is 3.27. The average molecular weight is 303 g/mol. The maximum Gasteiger partial charge on any atom is 0.277 e. The molecule has 0 unspecified atom stereocenters. The number of carbonyl (C=O) groups excluding carboxylic acids is 1. The molecule has 0 aliphatic rings. The standard InChI is InChI=1S/C11H8Cl2N2O2S/c1-17-7-5-3-2-4-6(7)14-11(16)9-8(12)10(13)18-15-9/h2-5H,1H3,(H,14,16). The van der Waals surface area contributed by atoms with Crippen LogP contribution in [0.1, 0.15) is 10.5 Å². The minimum absolute atomic E-state index is 0.109. The summed E-state index contributed by atoms with van der Waals surface area (Å²) in [6, 6.07) is 7.05. The molecule has 0 saturated carbocycles. The highest BCUT2D eigenvalue weighted by Gasteiger charge is 2.18. The molecule has 1 N–H and O–H groups in total. The zero-order valence-corrected chi connectivity index (χ0v) is 11.6. The average Bonchev–Trinajstić information content (AvgIpc) is 2.71. The predicted octanol–water partition coefficient (Wildman–Crippen LogP) is 3.71. The van der Waals surface area contributed by atoms with Crippen molar-refractivity contribution in [2.75, 3.05) is 12.4 Å². The summed E-state index contributed by atoms with van der Waals surface area (Å²) in [6.45, 7) is 0. The van der Waals surface area contributed by atoms with Crippen LogP contribution < -0.4 is 10.1 Å². The van der Waals surface area contributed by atoms with Crippen LogP contribution in [0.4, 0.5) is 5.69 Å². The summed E-state index contributed by atoms with van der Waals surface area (Å²) < 4.78 is 9.31. The Morgan fingerprint density at radius 1 is 1.39 bits per heavy atom. The molecule has 0 radical (unpaired) electrons. The Balaban J connectivity index is 2.24. The van der Waals surface area contributed by atoms with Crippen molar-refractivity contribution in [3.63, 3.8) is 0 Å². The second-order valence-corrected chi connectivity index (χ2v) is 5.03. The van der Waals surface area contributed by atoms with Gasteiger partial charge in [-0.3, -0.25) is 4.79 Å². The van der Waals surface area contributed by atoms with E-state index in [4.69, 9.17) is 27.9 Å². The number of halogens is 2. The number of hydrogen-bond donors (Lipinski definition) is 1. The van der Waals surface area contributed by atoms with Gasteiger partial charge in [-0.15, -0.1) is 0 Å². The van der Waals surface area contributed by atoms with E-state index in [0.717, 1.165) is 11.5 Å². The number of aromatic nitrogens is 1. The topological polar surface area (TPSA) is 51.2 Å². The lowest BCUT2D eigenvalue weighted by Gasteiger charge is -2.08. The molecule has 0 aliphatic carbocycles. The second kappa shape index (κ2) is 5.56. The Hall–Kier alpha value is -1.30. The van der Waals surface area contributed by atoms with Crippen LogP contribution in [0, 0.1) is 0 Å². The molecule has 1 aromatic heterocycles. The maximum atomic E-state index is 12.0. The summed E-state index contributed by atoms with van der Waals surface area (Å²) in [5, 5.41) is 2.83. The number of nitrogens with zero attached hydrogens (tertiary/aromatic N) is 1. The van der Waals surface area contributed by atoms with Crippen LogP contribution in [-0.4, -0.2) is 17.4 Å². The van der Waals surface area contributed by atoms with Gasteiger partial charge < -0.3 is 10.1 Å². The molecule has 2 aromatic rings. The van der Waals surface area contributed by atoms with Crippen molar-refractivity contribution in [1.82, 2.24) is 4.37 Å². The van der Waals surface area contributed by atoms with Gasteiger partial charge in [-0.1, -0.05) is 35.3 Å². The van der Waals surface area contributed by atoms with E-state index in [1.165, 1.54) is 7.11 Å². The quantitative estimate of drug-likeness (QED) is 0.940. The minimum Gasteiger partial charge on any atom is -0.495 e. The van der Waals surface area contributed by atoms with E-state index in [9.17, 15) is 4.79 Å². The molecule has 0 saturated heterocycles. The van der Waals surface area contributed by atoms with E-state index in [1.807, 2.05) is 0 Å². The molecular formula is C11H8Cl2N2O2S. The number of hydrogen-bond acceptors (Lipinski definition) is 4. The van der Waals surface area contributed by atoms with Gasteiger partial charge in [0.1, 0.15) is 15.1 Å². The number of methoxy groups -OCH3 is 1. The summed E-state index contributed by atoms with van der Waals surface area (Å²) >= 11 is 12.6. The Morgan fingerprint density at radius 2 is 2.11 bits per heavy atom. The highest BCUT2D eigenvalue weighted by molar-refractivity contribution is 7.11. The van der Waals surface area contributed by atoms with E-state index < -0.39 is 5.91 Å². The van der Waals surface area contributed by atoms with Gasteiger partial charge in [0.25, 0.3) is 5.91 Å². The maximum absolute atomic E-state index is 12.0. The Bertz CT molecular complexity index is 586. The number of benzene rings is 1. The van der Waals surface area contributed by atoms with Crippen LogP contribution in [0.5, 0.6) is 5.75 Å². The minimum atomic E-state index is -0.423. The van der Waals surface area contributed by atoms with Crippen molar-refractivity contribution < 1.29 is 9.53 Å². The fourth-order valence-electron chi connectivity index (χ4n) is 1.33. The van der Waals surface area contributed by atoms with Gasteiger partial charge in [-0.25, -0.2) is 0 Å². The van der Waals surface area contributed by atoms with Gasteiger partial charge in [0.15, 0.2) is 5.69 Å². The Kier molecular flexibility index (Phi) is 4.06. The van der Waals surface area contributed by atoms with Gasteiger partial charge in [0.05, 0.1) is 12.8 Å². The number of amides is 1. The highest BCUT2D eigenvalue weighted by Crippen LogP contribution is 2.30. The zero-order chi connectivity index (χ0) is 13.1. The van der Waals surface area contributed by atoms with E-state index in [2.05, 4.69) is 9.69 Å². The van der Waals surface area contributed by atoms with E-state index >= 15 is 0 Å². The predicted molar refractivity (Wildman–Crippen MR) is 73.1 cm³/mol. The van der Waals surface area contributed by atoms with E-state index in [0.29, 0.717) is 15.8 Å². The smallest absolute Gasteiger partial charge is 0.277 e. The third-order valence-electron chi connectivity index (χ3n) is 2.17. The third kappa shape index (κ3) is 2.58. The van der Waals surface area contributed by atoms with Crippen LogP contribution >= 0.6 is 34.7 Å². The third-order valence-corrected chi connectivity index (χ3v) is 3.78. The van der Waals surface area contributed by atoms with Gasteiger partial charge in [-0.05, 0) is 23.7 Å². The normalized spacial score (nSPS) is 10.2.